The highest BCUT2D eigenvalue weighted by Gasteiger charge is 2.10. The number of halogens is 1. The van der Waals surface area contributed by atoms with Crippen LogP contribution in [0.5, 0.6) is 0 Å². The van der Waals surface area contributed by atoms with Gasteiger partial charge in [0.05, 0.1) is 0 Å². The van der Waals surface area contributed by atoms with E-state index in [2.05, 4.69) is 31.3 Å². The van der Waals surface area contributed by atoms with Crippen LogP contribution in [0.3, 0.4) is 0 Å². The molecule has 2 aromatic rings. The van der Waals surface area contributed by atoms with E-state index in [0.717, 1.165) is 5.69 Å². The molecular formula is C16H19ClN2O. The quantitative estimate of drug-likeness (QED) is 0.774. The van der Waals surface area contributed by atoms with Crippen molar-refractivity contribution in [2.24, 2.45) is 0 Å². The predicted octanol–water partition coefficient (Wildman–Crippen LogP) is -0.260. The van der Waals surface area contributed by atoms with Crippen LogP contribution in [0.25, 0.3) is 0 Å². The van der Waals surface area contributed by atoms with Crippen molar-refractivity contribution in [3.63, 3.8) is 0 Å². The van der Waals surface area contributed by atoms with Crippen LogP contribution in [0.4, 0.5) is 5.69 Å². The summed E-state index contributed by atoms with van der Waals surface area (Å²) in [6.45, 7) is 4.64. The highest BCUT2D eigenvalue weighted by atomic mass is 35.5. The second kappa shape index (κ2) is 7.65. The molecule has 2 rings (SSSR count). The maximum atomic E-state index is 11.9. The van der Waals surface area contributed by atoms with Gasteiger partial charge in [0.1, 0.15) is 0 Å². The lowest BCUT2D eigenvalue weighted by Crippen LogP contribution is -3.00. The third kappa shape index (κ3) is 4.67. The third-order valence-electron chi connectivity index (χ3n) is 2.97. The van der Waals surface area contributed by atoms with E-state index in [-0.39, 0.29) is 18.3 Å². The van der Waals surface area contributed by atoms with Gasteiger partial charge in [-0.3, -0.25) is 4.79 Å². The molecule has 0 radical (unpaired) electrons. The number of rotatable bonds is 4. The third-order valence-corrected chi connectivity index (χ3v) is 2.97. The molecule has 0 unspecified atom stereocenters. The average Bonchev–Trinajstić information content (AvgIpc) is 2.40. The molecule has 0 aliphatic rings. The topological polar surface area (TPSA) is 33.0 Å². The average molecular weight is 291 g/mol. The zero-order chi connectivity index (χ0) is 13.7. The fourth-order valence-electron chi connectivity index (χ4n) is 1.85. The summed E-state index contributed by atoms with van der Waals surface area (Å²) < 4.78 is 1.88. The number of hydrogen-bond acceptors (Lipinski definition) is 1. The maximum absolute atomic E-state index is 11.9. The Morgan fingerprint density at radius 2 is 1.70 bits per heavy atom. The molecule has 0 fully saturated rings. The number of nitrogens with one attached hydrogen (secondary N) is 1. The van der Waals surface area contributed by atoms with E-state index in [1.807, 2.05) is 47.3 Å². The number of aromatic nitrogens is 1. The molecule has 0 aliphatic heterocycles. The van der Waals surface area contributed by atoms with Crippen molar-refractivity contribution in [1.82, 2.24) is 0 Å². The number of pyridine rings is 1. The molecule has 1 aromatic heterocycles. The van der Waals surface area contributed by atoms with Gasteiger partial charge in [-0.15, -0.1) is 0 Å². The first-order valence-electron chi connectivity index (χ1n) is 6.49. The molecule has 1 N–H and O–H groups in total. The molecule has 0 aliphatic carbocycles. The van der Waals surface area contributed by atoms with Gasteiger partial charge in [0.15, 0.2) is 12.4 Å². The summed E-state index contributed by atoms with van der Waals surface area (Å²) in [5.41, 5.74) is 2.10. The minimum atomic E-state index is -0.0199. The molecule has 0 spiro atoms. The van der Waals surface area contributed by atoms with Crippen molar-refractivity contribution in [1.29, 1.82) is 0 Å². The van der Waals surface area contributed by atoms with Gasteiger partial charge in [-0.1, -0.05) is 32.0 Å². The fourth-order valence-corrected chi connectivity index (χ4v) is 1.85. The van der Waals surface area contributed by atoms with E-state index >= 15 is 0 Å². The van der Waals surface area contributed by atoms with Gasteiger partial charge < -0.3 is 17.7 Å². The van der Waals surface area contributed by atoms with Crippen molar-refractivity contribution in [2.75, 3.05) is 5.32 Å². The van der Waals surface area contributed by atoms with Gasteiger partial charge in [0, 0.05) is 17.8 Å². The predicted molar refractivity (Wildman–Crippen MR) is 75.8 cm³/mol. The second-order valence-electron chi connectivity index (χ2n) is 4.87. The normalized spacial score (nSPS) is 9.95. The molecule has 20 heavy (non-hydrogen) atoms. The van der Waals surface area contributed by atoms with Crippen LogP contribution in [-0.2, 0) is 11.3 Å². The van der Waals surface area contributed by atoms with Crippen molar-refractivity contribution in [3.8, 4) is 0 Å². The number of carbonyl (C=O) groups excluding carboxylic acids is 1. The summed E-state index contributed by atoms with van der Waals surface area (Å²) in [7, 11) is 0. The summed E-state index contributed by atoms with van der Waals surface area (Å²) in [4.78, 5) is 11.9. The van der Waals surface area contributed by atoms with Gasteiger partial charge in [-0.2, -0.15) is 4.57 Å². The van der Waals surface area contributed by atoms with Crippen LogP contribution >= 0.6 is 0 Å². The zero-order valence-corrected chi connectivity index (χ0v) is 12.5. The van der Waals surface area contributed by atoms with E-state index in [9.17, 15) is 4.79 Å². The van der Waals surface area contributed by atoms with Crippen molar-refractivity contribution in [2.45, 2.75) is 26.3 Å². The summed E-state index contributed by atoms with van der Waals surface area (Å²) in [5.74, 6) is 0.487. The largest absolute Gasteiger partial charge is 1.00 e. The Hall–Kier alpha value is -1.87. The molecule has 1 heterocycles. The Balaban J connectivity index is 0.00000200. The molecule has 3 nitrogen and oxygen atoms in total. The molecule has 1 amide bonds. The molecule has 106 valence electrons. The molecule has 1 aromatic carbocycles. The smallest absolute Gasteiger partial charge is 0.290 e. The summed E-state index contributed by atoms with van der Waals surface area (Å²) >= 11 is 0. The van der Waals surface area contributed by atoms with Gasteiger partial charge in [-0.05, 0) is 23.6 Å². The number of para-hydroxylation sites is 1. The SMILES string of the molecule is CC(C)c1cc[n+](CC(=O)Nc2ccccc2)cc1.[Cl-]. The van der Waals surface area contributed by atoms with Gasteiger partial charge in [0.2, 0.25) is 6.54 Å². The van der Waals surface area contributed by atoms with Crippen LogP contribution in [-0.4, -0.2) is 5.91 Å². The summed E-state index contributed by atoms with van der Waals surface area (Å²) in [6, 6.07) is 13.6. The van der Waals surface area contributed by atoms with E-state index in [0.29, 0.717) is 12.5 Å². The first-order chi connectivity index (χ1) is 9.15. The Kier molecular flexibility index (Phi) is 6.19. The summed E-state index contributed by atoms with van der Waals surface area (Å²) in [5, 5.41) is 2.87. The maximum Gasteiger partial charge on any atom is 0.290 e. The lowest BCUT2D eigenvalue weighted by Gasteiger charge is -2.04. The Morgan fingerprint density at radius 3 is 2.25 bits per heavy atom. The molecule has 0 saturated heterocycles. The van der Waals surface area contributed by atoms with Crippen LogP contribution in [0.1, 0.15) is 25.3 Å². The minimum absolute atomic E-state index is 0. The zero-order valence-electron chi connectivity index (χ0n) is 11.7. The first-order valence-corrected chi connectivity index (χ1v) is 6.49. The lowest BCUT2D eigenvalue weighted by molar-refractivity contribution is -0.684. The van der Waals surface area contributed by atoms with Gasteiger partial charge in [0.25, 0.3) is 5.91 Å². The Labute approximate surface area is 126 Å². The van der Waals surface area contributed by atoms with Crippen LogP contribution in [0.2, 0.25) is 0 Å². The Bertz CT molecular complexity index is 538. The number of amides is 1. The van der Waals surface area contributed by atoms with E-state index < -0.39 is 0 Å². The van der Waals surface area contributed by atoms with Crippen LogP contribution < -0.4 is 22.3 Å². The van der Waals surface area contributed by atoms with Crippen molar-refractivity contribution < 1.29 is 21.8 Å². The monoisotopic (exact) mass is 290 g/mol. The number of hydrogen-bond donors (Lipinski definition) is 1. The molecule has 4 heteroatoms. The van der Waals surface area contributed by atoms with Crippen molar-refractivity contribution in [3.05, 3.63) is 60.4 Å². The van der Waals surface area contributed by atoms with E-state index in [1.54, 1.807) is 0 Å². The number of carbonyl (C=O) groups is 1. The highest BCUT2D eigenvalue weighted by molar-refractivity contribution is 5.89. The summed E-state index contributed by atoms with van der Waals surface area (Å²) in [6.07, 6.45) is 3.89. The molecule has 0 saturated carbocycles. The van der Waals surface area contributed by atoms with Crippen LogP contribution in [0.15, 0.2) is 54.9 Å². The van der Waals surface area contributed by atoms with E-state index in [1.165, 1.54) is 5.56 Å². The van der Waals surface area contributed by atoms with Gasteiger partial charge >= 0.3 is 0 Å². The molecule has 0 bridgehead atoms. The number of benzene rings is 1. The lowest BCUT2D eigenvalue weighted by atomic mass is 10.1. The minimum Gasteiger partial charge on any atom is -1.00 e. The first kappa shape index (κ1) is 16.2. The molecule has 0 atom stereocenters. The van der Waals surface area contributed by atoms with E-state index in [4.69, 9.17) is 0 Å². The number of anilines is 1. The number of nitrogens with zero attached hydrogens (tertiary/aromatic N) is 1. The van der Waals surface area contributed by atoms with Crippen molar-refractivity contribution >= 4 is 11.6 Å². The second-order valence-corrected chi connectivity index (χ2v) is 4.87. The fraction of sp³-hybridized carbons (Fsp3) is 0.250. The molecular weight excluding hydrogens is 272 g/mol. The van der Waals surface area contributed by atoms with Gasteiger partial charge in [-0.25, -0.2) is 0 Å². The van der Waals surface area contributed by atoms with Crippen LogP contribution in [0, 0.1) is 0 Å². The standard InChI is InChI=1S/C16H18N2O.ClH/c1-13(2)14-8-10-18(11-9-14)12-16(19)17-15-6-4-3-5-7-15;/h3-11,13H,12H2,1-2H3;1H. The Morgan fingerprint density at radius 1 is 1.10 bits per heavy atom. The highest BCUT2D eigenvalue weighted by Crippen LogP contribution is 2.10.